The fourth-order valence-electron chi connectivity index (χ4n) is 2.23. The van der Waals surface area contributed by atoms with E-state index in [1.54, 1.807) is 19.1 Å². The van der Waals surface area contributed by atoms with Gasteiger partial charge >= 0.3 is 5.97 Å². The predicted molar refractivity (Wildman–Crippen MR) is 84.4 cm³/mol. The zero-order valence-corrected chi connectivity index (χ0v) is 12.9. The van der Waals surface area contributed by atoms with Gasteiger partial charge in [-0.3, -0.25) is 4.79 Å². The van der Waals surface area contributed by atoms with Crippen LogP contribution in [0.1, 0.15) is 23.8 Å². The smallest absolute Gasteiger partial charge is 0.328 e. The lowest BCUT2D eigenvalue weighted by Gasteiger charge is -2.20. The van der Waals surface area contributed by atoms with Crippen LogP contribution >= 0.6 is 0 Å². The molecular weight excluding hydrogens is 294 g/mol. The quantitative estimate of drug-likeness (QED) is 0.853. The lowest BCUT2D eigenvalue weighted by molar-refractivity contribution is -0.144. The van der Waals surface area contributed by atoms with Gasteiger partial charge in [0.2, 0.25) is 0 Å². The number of hydrogen-bond donors (Lipinski definition) is 1. The highest BCUT2D eigenvalue weighted by Crippen LogP contribution is 2.13. The normalized spacial score (nSPS) is 12.9. The molecule has 0 bridgehead atoms. The standard InChI is InChI=1S/C17H17N3O3/c1-11(9-10-18)15(17(22)23-2)20-16(21)14-8-7-12-5-3-4-6-13(12)19-14/h3-8,11,15H,9H2,1-2H3,(H,20,21)/t11-,15+/m1/s1. The van der Waals surface area contributed by atoms with E-state index in [9.17, 15) is 9.59 Å². The molecule has 6 nitrogen and oxygen atoms in total. The van der Waals surface area contributed by atoms with Crippen LogP contribution in [0, 0.1) is 17.2 Å². The molecule has 0 radical (unpaired) electrons. The Bertz CT molecular complexity index is 767. The number of ether oxygens (including phenoxy) is 1. The molecule has 0 saturated carbocycles. The Balaban J connectivity index is 2.22. The van der Waals surface area contributed by atoms with Crippen LogP contribution < -0.4 is 5.32 Å². The summed E-state index contributed by atoms with van der Waals surface area (Å²) in [5, 5.41) is 12.3. The topological polar surface area (TPSA) is 92.1 Å². The van der Waals surface area contributed by atoms with Crippen LogP contribution in [0.2, 0.25) is 0 Å². The van der Waals surface area contributed by atoms with Crippen molar-refractivity contribution in [3.8, 4) is 6.07 Å². The molecule has 0 aliphatic heterocycles. The van der Waals surface area contributed by atoms with Crippen molar-refractivity contribution in [3.63, 3.8) is 0 Å². The number of carbonyl (C=O) groups is 2. The van der Waals surface area contributed by atoms with Crippen molar-refractivity contribution < 1.29 is 14.3 Å². The van der Waals surface area contributed by atoms with Crippen molar-refractivity contribution in [1.82, 2.24) is 10.3 Å². The third kappa shape index (κ3) is 3.83. The summed E-state index contributed by atoms with van der Waals surface area (Å²) >= 11 is 0. The average molecular weight is 311 g/mol. The summed E-state index contributed by atoms with van der Waals surface area (Å²) in [5.74, 6) is -1.42. The van der Waals surface area contributed by atoms with Gasteiger partial charge in [-0.25, -0.2) is 9.78 Å². The van der Waals surface area contributed by atoms with Crippen molar-refractivity contribution in [2.24, 2.45) is 5.92 Å². The number of benzene rings is 1. The van der Waals surface area contributed by atoms with E-state index in [-0.39, 0.29) is 18.0 Å². The summed E-state index contributed by atoms with van der Waals surface area (Å²) in [7, 11) is 1.24. The Morgan fingerprint density at radius 3 is 2.74 bits per heavy atom. The molecule has 2 atom stereocenters. The fourth-order valence-corrected chi connectivity index (χ4v) is 2.23. The summed E-state index contributed by atoms with van der Waals surface area (Å²) in [6, 6.07) is 11.9. The summed E-state index contributed by atoms with van der Waals surface area (Å²) in [6.45, 7) is 1.71. The monoisotopic (exact) mass is 311 g/mol. The van der Waals surface area contributed by atoms with Crippen LogP contribution in [0.25, 0.3) is 10.9 Å². The molecule has 0 unspecified atom stereocenters. The summed E-state index contributed by atoms with van der Waals surface area (Å²) in [4.78, 5) is 28.5. The van der Waals surface area contributed by atoms with Gasteiger partial charge in [0.1, 0.15) is 11.7 Å². The van der Waals surface area contributed by atoms with E-state index in [0.717, 1.165) is 5.39 Å². The number of fused-ring (bicyclic) bond motifs is 1. The highest BCUT2D eigenvalue weighted by molar-refractivity contribution is 5.97. The van der Waals surface area contributed by atoms with Gasteiger partial charge in [0.05, 0.1) is 18.7 Å². The lowest BCUT2D eigenvalue weighted by Crippen LogP contribution is -2.46. The largest absolute Gasteiger partial charge is 0.467 e. The van der Waals surface area contributed by atoms with Crippen LogP contribution in [0.4, 0.5) is 0 Å². The number of pyridine rings is 1. The number of aromatic nitrogens is 1. The Kier molecular flexibility index (Phi) is 5.26. The van der Waals surface area contributed by atoms with Gasteiger partial charge in [-0.05, 0) is 12.1 Å². The van der Waals surface area contributed by atoms with E-state index in [2.05, 4.69) is 10.3 Å². The van der Waals surface area contributed by atoms with E-state index in [4.69, 9.17) is 10.00 Å². The molecule has 1 heterocycles. The van der Waals surface area contributed by atoms with Crippen molar-refractivity contribution in [2.45, 2.75) is 19.4 Å². The van der Waals surface area contributed by atoms with E-state index >= 15 is 0 Å². The number of carbonyl (C=O) groups excluding carboxylic acids is 2. The molecule has 118 valence electrons. The number of rotatable bonds is 5. The van der Waals surface area contributed by atoms with Crippen LogP contribution in [0.3, 0.4) is 0 Å². The Hall–Kier alpha value is -2.94. The van der Waals surface area contributed by atoms with Crippen molar-refractivity contribution in [1.29, 1.82) is 5.26 Å². The molecule has 6 heteroatoms. The van der Waals surface area contributed by atoms with Crippen LogP contribution in [-0.4, -0.2) is 30.0 Å². The molecule has 1 N–H and O–H groups in total. The Labute approximate surface area is 134 Å². The van der Waals surface area contributed by atoms with Gasteiger partial charge in [-0.15, -0.1) is 0 Å². The molecule has 0 spiro atoms. The molecule has 2 aromatic rings. The van der Waals surface area contributed by atoms with E-state index in [0.29, 0.717) is 5.52 Å². The van der Waals surface area contributed by atoms with E-state index < -0.39 is 17.9 Å². The molecule has 2 rings (SSSR count). The van der Waals surface area contributed by atoms with Gasteiger partial charge in [0.25, 0.3) is 5.91 Å². The third-order valence-electron chi connectivity index (χ3n) is 3.56. The highest BCUT2D eigenvalue weighted by Gasteiger charge is 2.28. The maximum absolute atomic E-state index is 12.4. The van der Waals surface area contributed by atoms with Crippen molar-refractivity contribution in [3.05, 3.63) is 42.1 Å². The minimum atomic E-state index is -0.888. The number of nitrogens with one attached hydrogen (secondary N) is 1. The second-order valence-corrected chi connectivity index (χ2v) is 5.20. The molecule has 23 heavy (non-hydrogen) atoms. The average Bonchev–Trinajstić information content (AvgIpc) is 2.58. The SMILES string of the molecule is COC(=O)[C@@H](NC(=O)c1ccc2ccccc2n1)[C@H](C)CC#N. The number of nitriles is 1. The summed E-state index contributed by atoms with van der Waals surface area (Å²) < 4.78 is 4.70. The molecule has 1 aromatic carbocycles. The summed E-state index contributed by atoms with van der Waals surface area (Å²) in [5.41, 5.74) is 0.904. The predicted octanol–water partition coefficient (Wildman–Crippen LogP) is 2.06. The van der Waals surface area contributed by atoms with Gasteiger partial charge in [0.15, 0.2) is 0 Å². The number of amides is 1. The van der Waals surface area contributed by atoms with Gasteiger partial charge in [0, 0.05) is 17.7 Å². The zero-order valence-electron chi connectivity index (χ0n) is 12.9. The van der Waals surface area contributed by atoms with Gasteiger partial charge < -0.3 is 10.1 Å². The second kappa shape index (κ2) is 7.36. The van der Waals surface area contributed by atoms with Gasteiger partial charge in [-0.2, -0.15) is 5.26 Å². The number of nitrogens with zero attached hydrogens (tertiary/aromatic N) is 2. The van der Waals surface area contributed by atoms with Crippen LogP contribution in [0.5, 0.6) is 0 Å². The summed E-state index contributed by atoms with van der Waals surface area (Å²) in [6.07, 6.45) is 0.130. The molecular formula is C17H17N3O3. The van der Waals surface area contributed by atoms with Crippen LogP contribution in [0.15, 0.2) is 36.4 Å². The first kappa shape index (κ1) is 16.4. The highest BCUT2D eigenvalue weighted by atomic mass is 16.5. The minimum Gasteiger partial charge on any atom is -0.467 e. The number of methoxy groups -OCH3 is 1. The first-order valence-electron chi connectivity index (χ1n) is 7.18. The maximum Gasteiger partial charge on any atom is 0.328 e. The molecule has 1 aromatic heterocycles. The van der Waals surface area contributed by atoms with Crippen molar-refractivity contribution in [2.75, 3.05) is 7.11 Å². The second-order valence-electron chi connectivity index (χ2n) is 5.20. The molecule has 0 fully saturated rings. The molecule has 0 aliphatic rings. The van der Waals surface area contributed by atoms with E-state index in [1.807, 2.05) is 30.3 Å². The molecule has 0 aliphatic carbocycles. The molecule has 1 amide bonds. The molecule has 0 saturated heterocycles. The Morgan fingerprint density at radius 2 is 2.04 bits per heavy atom. The first-order chi connectivity index (χ1) is 11.1. The Morgan fingerprint density at radius 1 is 1.30 bits per heavy atom. The first-order valence-corrected chi connectivity index (χ1v) is 7.18. The number of esters is 1. The van der Waals surface area contributed by atoms with Crippen molar-refractivity contribution >= 4 is 22.8 Å². The minimum absolute atomic E-state index is 0.130. The number of para-hydroxylation sites is 1. The van der Waals surface area contributed by atoms with E-state index in [1.165, 1.54) is 7.11 Å². The lowest BCUT2D eigenvalue weighted by atomic mass is 9.99. The maximum atomic E-state index is 12.4. The fraction of sp³-hybridized carbons (Fsp3) is 0.294. The van der Waals surface area contributed by atoms with Crippen LogP contribution in [-0.2, 0) is 9.53 Å². The number of hydrogen-bond acceptors (Lipinski definition) is 5. The van der Waals surface area contributed by atoms with Gasteiger partial charge in [-0.1, -0.05) is 31.2 Å². The zero-order chi connectivity index (χ0) is 16.8. The third-order valence-corrected chi connectivity index (χ3v) is 3.56.